The fraction of sp³-hybridized carbons (Fsp3) is 0.308. The maximum atomic E-state index is 13.1. The van der Waals surface area contributed by atoms with Gasteiger partial charge in [-0.2, -0.15) is 5.10 Å². The van der Waals surface area contributed by atoms with E-state index in [1.54, 1.807) is 14.1 Å². The highest BCUT2D eigenvalue weighted by Crippen LogP contribution is 2.44. The number of aryl methyl sites for hydroxylation is 1. The molecule has 180 valence electrons. The van der Waals surface area contributed by atoms with E-state index in [4.69, 9.17) is 9.84 Å². The standard InChI is InChI=1S/C26H26N4O5/c1-29(16-11-15(12-16)25(32)33)24(31)23-22(13-27-30(23)2)28-26(34)35-14-21-19-9-5-3-7-17(19)18-8-4-6-10-20(18)21/h3-10,13,15-16,21H,11-12,14H2,1-2H3,(H,28,34)(H,32,33). The van der Waals surface area contributed by atoms with Crippen molar-refractivity contribution in [2.45, 2.75) is 24.8 Å². The van der Waals surface area contributed by atoms with E-state index in [-0.39, 0.29) is 35.9 Å². The highest BCUT2D eigenvalue weighted by molar-refractivity contribution is 6.01. The third-order valence-electron chi connectivity index (χ3n) is 7.05. The monoisotopic (exact) mass is 474 g/mol. The molecule has 1 aromatic heterocycles. The van der Waals surface area contributed by atoms with Crippen LogP contribution < -0.4 is 5.32 Å². The normalized spacial score (nSPS) is 18.2. The second-order valence-electron chi connectivity index (χ2n) is 9.06. The number of amides is 2. The lowest BCUT2D eigenvalue weighted by Gasteiger charge is -2.39. The predicted octanol–water partition coefficient (Wildman–Crippen LogP) is 3.72. The molecule has 0 saturated heterocycles. The second kappa shape index (κ2) is 8.90. The number of carbonyl (C=O) groups is 3. The highest BCUT2D eigenvalue weighted by atomic mass is 16.5. The minimum atomic E-state index is -0.847. The molecule has 0 radical (unpaired) electrons. The van der Waals surface area contributed by atoms with Gasteiger partial charge in [0.25, 0.3) is 5.91 Å². The van der Waals surface area contributed by atoms with Gasteiger partial charge in [0.05, 0.1) is 17.8 Å². The molecular formula is C26H26N4O5. The van der Waals surface area contributed by atoms with Crippen molar-refractivity contribution in [2.75, 3.05) is 19.0 Å². The average molecular weight is 475 g/mol. The average Bonchev–Trinajstić information content (AvgIpc) is 3.33. The summed E-state index contributed by atoms with van der Waals surface area (Å²) in [6.07, 6.45) is 1.55. The van der Waals surface area contributed by atoms with Gasteiger partial charge in [-0.3, -0.25) is 19.6 Å². The molecule has 35 heavy (non-hydrogen) atoms. The zero-order valence-corrected chi connectivity index (χ0v) is 19.5. The van der Waals surface area contributed by atoms with Crippen LogP contribution in [0, 0.1) is 5.92 Å². The summed E-state index contributed by atoms with van der Waals surface area (Å²) in [6.45, 7) is 0.155. The van der Waals surface area contributed by atoms with Crippen LogP contribution in [0.1, 0.15) is 40.4 Å². The van der Waals surface area contributed by atoms with E-state index >= 15 is 0 Å². The Balaban J connectivity index is 1.26. The van der Waals surface area contributed by atoms with Crippen molar-refractivity contribution in [3.63, 3.8) is 0 Å². The first kappa shape index (κ1) is 22.6. The van der Waals surface area contributed by atoms with Crippen molar-refractivity contribution < 1.29 is 24.2 Å². The maximum absolute atomic E-state index is 13.1. The molecule has 2 amide bonds. The molecule has 2 aliphatic carbocycles. The Morgan fingerprint density at radius 2 is 1.69 bits per heavy atom. The Hall–Kier alpha value is -4.14. The molecule has 1 heterocycles. The number of anilines is 1. The van der Waals surface area contributed by atoms with Crippen LogP contribution in [0.5, 0.6) is 0 Å². The lowest BCUT2D eigenvalue weighted by atomic mass is 9.79. The van der Waals surface area contributed by atoms with Crippen molar-refractivity contribution in [3.8, 4) is 11.1 Å². The third kappa shape index (κ3) is 4.03. The van der Waals surface area contributed by atoms with Crippen LogP contribution in [-0.4, -0.2) is 57.5 Å². The van der Waals surface area contributed by atoms with Gasteiger partial charge < -0.3 is 14.7 Å². The molecule has 2 aliphatic rings. The first-order chi connectivity index (χ1) is 16.8. The molecule has 2 N–H and O–H groups in total. The van der Waals surface area contributed by atoms with Crippen LogP contribution >= 0.6 is 0 Å². The minimum absolute atomic E-state index is 0.0740. The van der Waals surface area contributed by atoms with Crippen LogP contribution in [0.4, 0.5) is 10.5 Å². The van der Waals surface area contributed by atoms with Gasteiger partial charge in [0, 0.05) is 26.1 Å². The lowest BCUT2D eigenvalue weighted by molar-refractivity contribution is -0.146. The molecule has 0 unspecified atom stereocenters. The molecule has 9 nitrogen and oxygen atoms in total. The Morgan fingerprint density at radius 3 is 2.29 bits per heavy atom. The Kier molecular flexibility index (Phi) is 5.76. The van der Waals surface area contributed by atoms with Gasteiger partial charge in [-0.15, -0.1) is 0 Å². The molecular weight excluding hydrogens is 448 g/mol. The van der Waals surface area contributed by atoms with E-state index in [1.165, 1.54) is 15.8 Å². The third-order valence-corrected chi connectivity index (χ3v) is 7.05. The Labute approximate surface area is 202 Å². The van der Waals surface area contributed by atoms with E-state index in [0.717, 1.165) is 22.3 Å². The summed E-state index contributed by atoms with van der Waals surface area (Å²) in [7, 11) is 3.25. The van der Waals surface area contributed by atoms with E-state index in [9.17, 15) is 14.4 Å². The van der Waals surface area contributed by atoms with Crippen molar-refractivity contribution >= 4 is 23.7 Å². The van der Waals surface area contributed by atoms with Crippen LogP contribution in [-0.2, 0) is 16.6 Å². The molecule has 0 bridgehead atoms. The van der Waals surface area contributed by atoms with Gasteiger partial charge in [-0.25, -0.2) is 4.79 Å². The molecule has 1 fully saturated rings. The van der Waals surface area contributed by atoms with Crippen LogP contribution in [0.15, 0.2) is 54.7 Å². The number of fused-ring (bicyclic) bond motifs is 3. The predicted molar refractivity (Wildman–Crippen MR) is 128 cm³/mol. The quantitative estimate of drug-likeness (QED) is 0.563. The van der Waals surface area contributed by atoms with E-state index < -0.39 is 18.0 Å². The fourth-order valence-corrected chi connectivity index (χ4v) is 4.97. The summed E-state index contributed by atoms with van der Waals surface area (Å²) in [4.78, 5) is 38.4. The topological polar surface area (TPSA) is 114 Å². The minimum Gasteiger partial charge on any atom is -0.481 e. The highest BCUT2D eigenvalue weighted by Gasteiger charge is 2.39. The van der Waals surface area contributed by atoms with E-state index in [0.29, 0.717) is 12.8 Å². The fourth-order valence-electron chi connectivity index (χ4n) is 4.97. The molecule has 2 aromatic carbocycles. The summed E-state index contributed by atoms with van der Waals surface area (Å²) < 4.78 is 6.99. The summed E-state index contributed by atoms with van der Waals surface area (Å²) in [5.41, 5.74) is 4.96. The number of aliphatic carboxylic acids is 1. The first-order valence-corrected chi connectivity index (χ1v) is 11.5. The van der Waals surface area contributed by atoms with Crippen molar-refractivity contribution in [2.24, 2.45) is 13.0 Å². The smallest absolute Gasteiger partial charge is 0.411 e. The molecule has 1 saturated carbocycles. The second-order valence-corrected chi connectivity index (χ2v) is 9.06. The van der Waals surface area contributed by atoms with Crippen LogP contribution in [0.3, 0.4) is 0 Å². The van der Waals surface area contributed by atoms with Gasteiger partial charge in [-0.05, 0) is 35.1 Å². The van der Waals surface area contributed by atoms with Crippen LogP contribution in [0.2, 0.25) is 0 Å². The van der Waals surface area contributed by atoms with Crippen LogP contribution in [0.25, 0.3) is 11.1 Å². The van der Waals surface area contributed by atoms with Crippen molar-refractivity contribution in [1.29, 1.82) is 0 Å². The molecule has 5 rings (SSSR count). The Morgan fingerprint density at radius 1 is 1.09 bits per heavy atom. The van der Waals surface area contributed by atoms with Gasteiger partial charge in [-0.1, -0.05) is 48.5 Å². The molecule has 0 spiro atoms. The summed E-state index contributed by atoms with van der Waals surface area (Å²) in [5.74, 6) is -1.69. The van der Waals surface area contributed by atoms with Gasteiger partial charge in [0.2, 0.25) is 0 Å². The number of aromatic nitrogens is 2. The summed E-state index contributed by atoms with van der Waals surface area (Å²) >= 11 is 0. The molecule has 0 aliphatic heterocycles. The molecule has 9 heteroatoms. The van der Waals surface area contributed by atoms with Gasteiger partial charge in [0.1, 0.15) is 12.3 Å². The number of rotatable bonds is 6. The first-order valence-electron chi connectivity index (χ1n) is 11.5. The summed E-state index contributed by atoms with van der Waals surface area (Å²) in [6, 6.07) is 16.0. The largest absolute Gasteiger partial charge is 0.481 e. The lowest BCUT2D eigenvalue weighted by Crippen LogP contribution is -2.48. The number of carboxylic acid groups (broad SMARTS) is 1. The Bertz CT molecular complexity index is 1270. The zero-order chi connectivity index (χ0) is 24.7. The van der Waals surface area contributed by atoms with E-state index in [1.807, 2.05) is 36.4 Å². The number of hydrogen-bond donors (Lipinski definition) is 2. The maximum Gasteiger partial charge on any atom is 0.411 e. The van der Waals surface area contributed by atoms with Gasteiger partial charge in [0.15, 0.2) is 0 Å². The zero-order valence-electron chi connectivity index (χ0n) is 19.5. The number of hydrogen-bond acceptors (Lipinski definition) is 5. The molecule has 3 aromatic rings. The van der Waals surface area contributed by atoms with E-state index in [2.05, 4.69) is 22.5 Å². The molecule has 0 atom stereocenters. The number of benzene rings is 2. The number of carboxylic acids is 1. The number of carbonyl (C=O) groups excluding carboxylic acids is 2. The number of nitrogens with one attached hydrogen (secondary N) is 1. The SMILES string of the molecule is CN(C(=O)c1c(NC(=O)OCC2c3ccccc3-c3ccccc32)cnn1C)C1CC(C(=O)O)C1. The van der Waals surface area contributed by atoms with Gasteiger partial charge >= 0.3 is 12.1 Å². The summed E-state index contributed by atoms with van der Waals surface area (Å²) in [5, 5.41) is 15.9. The van der Waals surface area contributed by atoms with Crippen molar-refractivity contribution in [1.82, 2.24) is 14.7 Å². The number of nitrogens with zero attached hydrogens (tertiary/aromatic N) is 3. The van der Waals surface area contributed by atoms with Crippen molar-refractivity contribution in [3.05, 3.63) is 71.5 Å². The number of ether oxygens (including phenoxy) is 1.